The molecule has 1 N–H and O–H groups in total. The lowest BCUT2D eigenvalue weighted by Crippen LogP contribution is -2.31. The zero-order valence-electron chi connectivity index (χ0n) is 15.9. The number of rotatable bonds is 7. The fourth-order valence-corrected chi connectivity index (χ4v) is 3.01. The van der Waals surface area contributed by atoms with E-state index in [1.165, 1.54) is 0 Å². The van der Waals surface area contributed by atoms with Gasteiger partial charge in [0.2, 0.25) is 0 Å². The number of carbonyl (C=O) groups is 1. The van der Waals surface area contributed by atoms with Gasteiger partial charge in [0.1, 0.15) is 5.75 Å². The van der Waals surface area contributed by atoms with Gasteiger partial charge in [-0.25, -0.2) is 0 Å². The monoisotopic (exact) mass is 363 g/mol. The first-order valence-corrected chi connectivity index (χ1v) is 9.08. The Morgan fingerprint density at radius 3 is 2.37 bits per heavy atom. The maximum absolute atomic E-state index is 12.7. The third-order valence-electron chi connectivity index (χ3n) is 4.55. The molecule has 0 saturated heterocycles. The second-order valence-corrected chi connectivity index (χ2v) is 6.87. The maximum Gasteiger partial charge on any atom is 0.251 e. The van der Waals surface area contributed by atoms with E-state index in [1.807, 2.05) is 65.5 Å². The highest BCUT2D eigenvalue weighted by Crippen LogP contribution is 2.24. The minimum atomic E-state index is -0.0739. The van der Waals surface area contributed by atoms with E-state index in [-0.39, 0.29) is 17.9 Å². The van der Waals surface area contributed by atoms with Gasteiger partial charge < -0.3 is 10.1 Å². The van der Waals surface area contributed by atoms with Crippen molar-refractivity contribution in [1.29, 1.82) is 0 Å². The van der Waals surface area contributed by atoms with Crippen molar-refractivity contribution in [1.82, 2.24) is 15.1 Å². The summed E-state index contributed by atoms with van der Waals surface area (Å²) in [7, 11) is 1.65. The third-order valence-corrected chi connectivity index (χ3v) is 4.55. The Balaban J connectivity index is 1.69. The van der Waals surface area contributed by atoms with E-state index in [0.717, 1.165) is 16.9 Å². The lowest BCUT2D eigenvalue weighted by molar-refractivity contribution is 0.0925. The van der Waals surface area contributed by atoms with Crippen LogP contribution in [0.2, 0.25) is 0 Å². The van der Waals surface area contributed by atoms with Crippen LogP contribution in [0.5, 0.6) is 5.75 Å². The second kappa shape index (κ2) is 8.54. The standard InChI is InChI=1S/C22H25N3O2/c1-16(2)21(18-9-11-20(27-3)12-10-18)24-22(26)19-7-5-17(6-8-19)15-25-14-4-13-23-25/h4-14,16,21H,15H2,1-3H3,(H,24,26). The van der Waals surface area contributed by atoms with Gasteiger partial charge in [-0.3, -0.25) is 9.48 Å². The minimum absolute atomic E-state index is 0.0628. The summed E-state index contributed by atoms with van der Waals surface area (Å²) in [6, 6.07) is 17.3. The summed E-state index contributed by atoms with van der Waals surface area (Å²) in [5, 5.41) is 7.36. The lowest BCUT2D eigenvalue weighted by atomic mass is 9.95. The minimum Gasteiger partial charge on any atom is -0.497 e. The molecule has 0 bridgehead atoms. The molecule has 3 rings (SSSR count). The molecule has 0 spiro atoms. The van der Waals surface area contributed by atoms with Crippen molar-refractivity contribution < 1.29 is 9.53 Å². The molecule has 1 amide bonds. The predicted molar refractivity (Wildman–Crippen MR) is 106 cm³/mol. The van der Waals surface area contributed by atoms with Gasteiger partial charge in [0.15, 0.2) is 0 Å². The Morgan fingerprint density at radius 1 is 1.11 bits per heavy atom. The van der Waals surface area contributed by atoms with Crippen LogP contribution >= 0.6 is 0 Å². The summed E-state index contributed by atoms with van der Waals surface area (Å²) in [6.07, 6.45) is 3.68. The van der Waals surface area contributed by atoms with Crippen LogP contribution in [-0.2, 0) is 6.54 Å². The molecular formula is C22H25N3O2. The van der Waals surface area contributed by atoms with Gasteiger partial charge in [-0.05, 0) is 47.4 Å². The second-order valence-electron chi connectivity index (χ2n) is 6.87. The summed E-state index contributed by atoms with van der Waals surface area (Å²) in [5.74, 6) is 0.997. The van der Waals surface area contributed by atoms with E-state index in [2.05, 4.69) is 24.3 Å². The summed E-state index contributed by atoms with van der Waals surface area (Å²) >= 11 is 0. The van der Waals surface area contributed by atoms with Crippen LogP contribution < -0.4 is 10.1 Å². The number of ether oxygens (including phenoxy) is 1. The predicted octanol–water partition coefficient (Wildman–Crippen LogP) is 4.07. The molecule has 0 fully saturated rings. The molecule has 5 nitrogen and oxygen atoms in total. The van der Waals surface area contributed by atoms with Gasteiger partial charge in [0.25, 0.3) is 5.91 Å². The molecule has 140 valence electrons. The van der Waals surface area contributed by atoms with Crippen LogP contribution in [0, 0.1) is 5.92 Å². The molecule has 0 saturated carbocycles. The normalized spacial score (nSPS) is 12.0. The number of nitrogens with one attached hydrogen (secondary N) is 1. The number of hydrogen-bond acceptors (Lipinski definition) is 3. The van der Waals surface area contributed by atoms with Crippen LogP contribution in [0.1, 0.15) is 41.4 Å². The van der Waals surface area contributed by atoms with E-state index in [1.54, 1.807) is 13.3 Å². The quantitative estimate of drug-likeness (QED) is 0.688. The van der Waals surface area contributed by atoms with Crippen LogP contribution in [0.15, 0.2) is 67.0 Å². The van der Waals surface area contributed by atoms with Crippen molar-refractivity contribution >= 4 is 5.91 Å². The maximum atomic E-state index is 12.7. The summed E-state index contributed by atoms with van der Waals surface area (Å²) in [5.41, 5.74) is 2.82. The largest absolute Gasteiger partial charge is 0.497 e. The van der Waals surface area contributed by atoms with Gasteiger partial charge in [0, 0.05) is 18.0 Å². The van der Waals surface area contributed by atoms with Crippen molar-refractivity contribution in [3.8, 4) is 5.75 Å². The average Bonchev–Trinajstić information content (AvgIpc) is 3.19. The van der Waals surface area contributed by atoms with Crippen molar-refractivity contribution in [3.05, 3.63) is 83.7 Å². The molecule has 27 heavy (non-hydrogen) atoms. The average molecular weight is 363 g/mol. The van der Waals surface area contributed by atoms with Crippen LogP contribution in [-0.4, -0.2) is 22.8 Å². The zero-order valence-corrected chi connectivity index (χ0v) is 15.9. The molecule has 0 radical (unpaired) electrons. The molecule has 0 aliphatic rings. The van der Waals surface area contributed by atoms with E-state index in [9.17, 15) is 4.79 Å². The number of methoxy groups -OCH3 is 1. The molecule has 1 atom stereocenters. The number of carbonyl (C=O) groups excluding carboxylic acids is 1. The Labute approximate surface area is 160 Å². The van der Waals surface area contributed by atoms with E-state index in [0.29, 0.717) is 12.1 Å². The molecule has 0 aliphatic carbocycles. The van der Waals surface area contributed by atoms with Crippen LogP contribution in [0.3, 0.4) is 0 Å². The van der Waals surface area contributed by atoms with Crippen molar-refractivity contribution in [2.75, 3.05) is 7.11 Å². The number of benzene rings is 2. The molecular weight excluding hydrogens is 338 g/mol. The van der Waals surface area contributed by atoms with Gasteiger partial charge in [-0.1, -0.05) is 38.1 Å². The first-order valence-electron chi connectivity index (χ1n) is 9.08. The van der Waals surface area contributed by atoms with E-state index >= 15 is 0 Å². The molecule has 1 unspecified atom stereocenters. The first kappa shape index (κ1) is 18.7. The highest BCUT2D eigenvalue weighted by Gasteiger charge is 2.19. The number of hydrogen-bond donors (Lipinski definition) is 1. The Morgan fingerprint density at radius 2 is 1.81 bits per heavy atom. The SMILES string of the molecule is COc1ccc(C(NC(=O)c2ccc(Cn3cccn3)cc2)C(C)C)cc1. The van der Waals surface area contributed by atoms with Gasteiger partial charge in [0.05, 0.1) is 19.7 Å². The fraction of sp³-hybridized carbons (Fsp3) is 0.273. The van der Waals surface area contributed by atoms with E-state index in [4.69, 9.17) is 4.74 Å². The summed E-state index contributed by atoms with van der Waals surface area (Å²) in [6.45, 7) is 4.89. The third kappa shape index (κ3) is 4.76. The van der Waals surface area contributed by atoms with Crippen molar-refractivity contribution in [2.45, 2.75) is 26.4 Å². The first-order chi connectivity index (χ1) is 13.1. The zero-order chi connectivity index (χ0) is 19.2. The molecule has 3 aromatic rings. The van der Waals surface area contributed by atoms with Crippen molar-refractivity contribution in [3.63, 3.8) is 0 Å². The molecule has 1 heterocycles. The Bertz CT molecular complexity index is 854. The number of aromatic nitrogens is 2. The van der Waals surface area contributed by atoms with Crippen LogP contribution in [0.4, 0.5) is 0 Å². The summed E-state index contributed by atoms with van der Waals surface area (Å²) < 4.78 is 7.07. The molecule has 5 heteroatoms. The molecule has 2 aromatic carbocycles. The number of amides is 1. The van der Waals surface area contributed by atoms with Gasteiger partial charge >= 0.3 is 0 Å². The Kier molecular flexibility index (Phi) is 5.91. The smallest absolute Gasteiger partial charge is 0.251 e. The van der Waals surface area contributed by atoms with Gasteiger partial charge in [-0.2, -0.15) is 5.10 Å². The van der Waals surface area contributed by atoms with Crippen LogP contribution in [0.25, 0.3) is 0 Å². The topological polar surface area (TPSA) is 56.1 Å². The number of nitrogens with zero attached hydrogens (tertiary/aromatic N) is 2. The lowest BCUT2D eigenvalue weighted by Gasteiger charge is -2.23. The summed E-state index contributed by atoms with van der Waals surface area (Å²) in [4.78, 5) is 12.7. The Hall–Kier alpha value is -3.08. The van der Waals surface area contributed by atoms with Gasteiger partial charge in [-0.15, -0.1) is 0 Å². The fourth-order valence-electron chi connectivity index (χ4n) is 3.01. The highest BCUT2D eigenvalue weighted by atomic mass is 16.5. The highest BCUT2D eigenvalue weighted by molar-refractivity contribution is 5.94. The molecule has 0 aliphatic heterocycles. The molecule has 1 aromatic heterocycles. The van der Waals surface area contributed by atoms with E-state index < -0.39 is 0 Å². The van der Waals surface area contributed by atoms with Crippen molar-refractivity contribution in [2.24, 2.45) is 5.92 Å².